The second-order valence-electron chi connectivity index (χ2n) is 7.59. The van der Waals surface area contributed by atoms with Gasteiger partial charge in [0.05, 0.1) is 24.8 Å². The molecule has 1 atom stereocenters. The summed E-state index contributed by atoms with van der Waals surface area (Å²) in [7, 11) is 0. The van der Waals surface area contributed by atoms with E-state index >= 15 is 0 Å². The fourth-order valence-electron chi connectivity index (χ4n) is 4.05. The number of morpholine rings is 1. The summed E-state index contributed by atoms with van der Waals surface area (Å²) in [5.74, 6) is -1.43. The number of carbonyl (C=O) groups is 2. The first-order valence-corrected chi connectivity index (χ1v) is 11.1. The van der Waals surface area contributed by atoms with Crippen LogP contribution in [-0.4, -0.2) is 71.0 Å². The monoisotopic (exact) mass is 485 g/mol. The van der Waals surface area contributed by atoms with Gasteiger partial charge in [-0.15, -0.1) is 0 Å². The minimum absolute atomic E-state index is 0.103. The lowest BCUT2D eigenvalue weighted by atomic mass is 9.96. The lowest BCUT2D eigenvalue weighted by Gasteiger charge is -2.29. The van der Waals surface area contributed by atoms with Crippen LogP contribution in [0.3, 0.4) is 0 Å². The Morgan fingerprint density at radius 3 is 2.55 bits per heavy atom. The Bertz CT molecular complexity index is 972. The van der Waals surface area contributed by atoms with Crippen molar-refractivity contribution in [3.63, 3.8) is 0 Å². The van der Waals surface area contributed by atoms with Gasteiger partial charge in [-0.25, -0.2) is 0 Å². The predicted octanol–water partition coefficient (Wildman–Crippen LogP) is 2.99. The number of hydrogen-bond donors (Lipinski definition) is 1. The normalized spacial score (nSPS) is 21.6. The van der Waals surface area contributed by atoms with Crippen LogP contribution in [0.2, 0.25) is 0 Å². The second-order valence-corrected chi connectivity index (χ2v) is 8.51. The van der Waals surface area contributed by atoms with E-state index in [0.717, 1.165) is 30.5 Å². The van der Waals surface area contributed by atoms with E-state index in [4.69, 9.17) is 4.74 Å². The molecule has 7 nitrogen and oxygen atoms in total. The molecule has 2 fully saturated rings. The lowest BCUT2D eigenvalue weighted by Crippen LogP contribution is -2.39. The van der Waals surface area contributed by atoms with Crippen molar-refractivity contribution in [2.24, 2.45) is 0 Å². The van der Waals surface area contributed by atoms with Crippen molar-refractivity contribution < 1.29 is 19.4 Å². The van der Waals surface area contributed by atoms with Crippen LogP contribution in [0, 0.1) is 0 Å². The average Bonchev–Trinajstić information content (AvgIpc) is 3.05. The highest BCUT2D eigenvalue weighted by Crippen LogP contribution is 2.39. The Balaban J connectivity index is 1.64. The molecule has 162 valence electrons. The van der Waals surface area contributed by atoms with Crippen molar-refractivity contribution in [2.45, 2.75) is 12.5 Å². The van der Waals surface area contributed by atoms with Crippen LogP contribution in [0.4, 0.5) is 0 Å². The van der Waals surface area contributed by atoms with Crippen LogP contribution in [0.15, 0.2) is 58.8 Å². The fourth-order valence-corrected chi connectivity index (χ4v) is 4.31. The Hall–Kier alpha value is -2.55. The van der Waals surface area contributed by atoms with Crippen LogP contribution in [0.25, 0.3) is 5.76 Å². The van der Waals surface area contributed by atoms with E-state index in [1.54, 1.807) is 47.6 Å². The number of aliphatic hydroxyl groups is 1. The summed E-state index contributed by atoms with van der Waals surface area (Å²) in [5, 5.41) is 11.0. The number of aliphatic hydroxyl groups excluding tert-OH is 1. The van der Waals surface area contributed by atoms with Crippen molar-refractivity contribution in [2.75, 3.05) is 39.4 Å². The van der Waals surface area contributed by atoms with Crippen molar-refractivity contribution in [1.82, 2.24) is 14.8 Å². The molecule has 1 N–H and O–H groups in total. The number of benzene rings is 1. The van der Waals surface area contributed by atoms with Crippen molar-refractivity contribution in [3.05, 3.63) is 70.0 Å². The molecule has 0 saturated carbocycles. The molecule has 1 aromatic heterocycles. The number of ether oxygens (including phenoxy) is 1. The zero-order chi connectivity index (χ0) is 21.8. The van der Waals surface area contributed by atoms with E-state index in [2.05, 4.69) is 25.8 Å². The highest BCUT2D eigenvalue weighted by atomic mass is 79.9. The SMILES string of the molecule is O=C1C(=O)N(CCCN2CCOCC2)[C@@H](c2cccnc2)C1=C(O)c1ccc(Br)cc1. The third kappa shape index (κ3) is 4.71. The molecule has 2 aliphatic heterocycles. The molecular formula is C23H24BrN3O4. The summed E-state index contributed by atoms with van der Waals surface area (Å²) in [6.45, 7) is 4.40. The maximum absolute atomic E-state index is 13.0. The highest BCUT2D eigenvalue weighted by molar-refractivity contribution is 9.10. The molecule has 2 aliphatic rings. The average molecular weight is 486 g/mol. The Kier molecular flexibility index (Phi) is 6.80. The third-order valence-electron chi connectivity index (χ3n) is 5.63. The largest absolute Gasteiger partial charge is 0.507 e. The first-order valence-electron chi connectivity index (χ1n) is 10.3. The molecule has 0 unspecified atom stereocenters. The number of nitrogens with zero attached hydrogens (tertiary/aromatic N) is 3. The molecule has 0 bridgehead atoms. The summed E-state index contributed by atoms with van der Waals surface area (Å²) in [6, 6.07) is 9.92. The minimum atomic E-state index is -0.666. The number of pyridine rings is 1. The molecule has 0 radical (unpaired) electrons. The van der Waals surface area contributed by atoms with Crippen LogP contribution in [0.5, 0.6) is 0 Å². The van der Waals surface area contributed by atoms with Crippen molar-refractivity contribution >= 4 is 33.4 Å². The summed E-state index contributed by atoms with van der Waals surface area (Å²) in [4.78, 5) is 33.9. The predicted molar refractivity (Wildman–Crippen MR) is 119 cm³/mol. The van der Waals surface area contributed by atoms with Gasteiger partial charge in [-0.3, -0.25) is 19.5 Å². The van der Waals surface area contributed by atoms with Gasteiger partial charge in [0, 0.05) is 48.6 Å². The standard InChI is InChI=1S/C23H24BrN3O4/c24-18-6-4-16(5-7-18)21(28)19-20(17-3-1-8-25-15-17)27(23(30)22(19)29)10-2-9-26-11-13-31-14-12-26/h1,3-8,15,20,28H,2,9-14H2/t20-/m0/s1. The van der Waals surface area contributed by atoms with E-state index in [0.29, 0.717) is 30.9 Å². The van der Waals surface area contributed by atoms with E-state index in [9.17, 15) is 14.7 Å². The third-order valence-corrected chi connectivity index (χ3v) is 6.16. The lowest BCUT2D eigenvalue weighted by molar-refractivity contribution is -0.140. The van der Waals surface area contributed by atoms with E-state index in [1.165, 1.54) is 0 Å². The summed E-state index contributed by atoms with van der Waals surface area (Å²) < 4.78 is 6.24. The molecular weight excluding hydrogens is 462 g/mol. The van der Waals surface area contributed by atoms with E-state index < -0.39 is 17.7 Å². The number of Topliss-reactive ketones (excluding diaryl/α,β-unsaturated/α-hetero) is 1. The number of likely N-dealkylation sites (tertiary alicyclic amines) is 1. The van der Waals surface area contributed by atoms with Crippen LogP contribution in [0.1, 0.15) is 23.6 Å². The number of carbonyl (C=O) groups excluding carboxylic acids is 2. The number of aromatic nitrogens is 1. The molecule has 0 aliphatic carbocycles. The highest BCUT2D eigenvalue weighted by Gasteiger charge is 2.45. The molecule has 1 amide bonds. The fraction of sp³-hybridized carbons (Fsp3) is 0.348. The molecule has 0 spiro atoms. The van der Waals surface area contributed by atoms with Crippen LogP contribution < -0.4 is 0 Å². The van der Waals surface area contributed by atoms with Gasteiger partial charge in [-0.05, 0) is 30.2 Å². The van der Waals surface area contributed by atoms with Gasteiger partial charge in [0.15, 0.2) is 0 Å². The zero-order valence-corrected chi connectivity index (χ0v) is 18.6. The number of amides is 1. The Morgan fingerprint density at radius 2 is 1.87 bits per heavy atom. The number of hydrogen-bond acceptors (Lipinski definition) is 6. The van der Waals surface area contributed by atoms with Crippen LogP contribution >= 0.6 is 15.9 Å². The molecule has 31 heavy (non-hydrogen) atoms. The summed E-state index contributed by atoms with van der Waals surface area (Å²) >= 11 is 3.37. The minimum Gasteiger partial charge on any atom is -0.507 e. The van der Waals surface area contributed by atoms with Gasteiger partial charge < -0.3 is 14.7 Å². The van der Waals surface area contributed by atoms with Gasteiger partial charge in [0.2, 0.25) is 0 Å². The van der Waals surface area contributed by atoms with E-state index in [1.807, 2.05) is 6.07 Å². The Labute approximate surface area is 189 Å². The summed E-state index contributed by atoms with van der Waals surface area (Å²) in [5.41, 5.74) is 1.29. The zero-order valence-electron chi connectivity index (χ0n) is 17.0. The molecule has 1 aromatic carbocycles. The molecule has 8 heteroatoms. The maximum Gasteiger partial charge on any atom is 0.295 e. The number of halogens is 1. The topological polar surface area (TPSA) is 83.0 Å². The number of ketones is 1. The molecule has 2 aromatic rings. The van der Waals surface area contributed by atoms with Crippen LogP contribution in [-0.2, 0) is 14.3 Å². The van der Waals surface area contributed by atoms with Crippen molar-refractivity contribution in [3.8, 4) is 0 Å². The second kappa shape index (κ2) is 9.72. The first-order chi connectivity index (χ1) is 15.1. The summed E-state index contributed by atoms with van der Waals surface area (Å²) in [6.07, 6.45) is 4.01. The number of rotatable bonds is 6. The van der Waals surface area contributed by atoms with Gasteiger partial charge in [-0.2, -0.15) is 0 Å². The quantitative estimate of drug-likeness (QED) is 0.384. The Morgan fingerprint density at radius 1 is 1.13 bits per heavy atom. The molecule has 4 rings (SSSR count). The van der Waals surface area contributed by atoms with E-state index in [-0.39, 0.29) is 11.3 Å². The smallest absolute Gasteiger partial charge is 0.295 e. The molecule has 3 heterocycles. The van der Waals surface area contributed by atoms with Crippen molar-refractivity contribution in [1.29, 1.82) is 0 Å². The maximum atomic E-state index is 13.0. The molecule has 2 saturated heterocycles. The van der Waals surface area contributed by atoms with Gasteiger partial charge in [0.1, 0.15) is 5.76 Å². The van der Waals surface area contributed by atoms with Gasteiger partial charge in [0.25, 0.3) is 11.7 Å². The van der Waals surface area contributed by atoms with Gasteiger partial charge in [-0.1, -0.05) is 34.1 Å². The van der Waals surface area contributed by atoms with Gasteiger partial charge >= 0.3 is 0 Å². The first kappa shape index (κ1) is 21.7.